The first-order valence-corrected chi connectivity index (χ1v) is 8.32. The zero-order chi connectivity index (χ0) is 14.6. The van der Waals surface area contributed by atoms with Crippen molar-refractivity contribution in [3.8, 4) is 0 Å². The molecule has 1 aliphatic rings. The highest BCUT2D eigenvalue weighted by molar-refractivity contribution is 5.09. The lowest BCUT2D eigenvalue weighted by Crippen LogP contribution is -2.34. The third-order valence-electron chi connectivity index (χ3n) is 4.84. The van der Waals surface area contributed by atoms with Gasteiger partial charge in [-0.3, -0.25) is 4.68 Å². The Labute approximate surface area is 124 Å². The van der Waals surface area contributed by atoms with Crippen LogP contribution in [0.2, 0.25) is 0 Å². The molecule has 1 aliphatic carbocycles. The normalized spacial score (nSPS) is 21.0. The van der Waals surface area contributed by atoms with Crippen molar-refractivity contribution in [1.29, 1.82) is 0 Å². The first-order valence-electron chi connectivity index (χ1n) is 8.32. The summed E-state index contributed by atoms with van der Waals surface area (Å²) in [5, 5.41) is 8.25. The number of hydrogen-bond donors (Lipinski definition) is 1. The van der Waals surface area contributed by atoms with Crippen molar-refractivity contribution in [3.05, 3.63) is 18.0 Å². The quantitative estimate of drug-likeness (QED) is 0.846. The molecule has 0 saturated heterocycles. The Hall–Kier alpha value is -0.830. The minimum absolute atomic E-state index is 0.480. The lowest BCUT2D eigenvalue weighted by Gasteiger charge is -2.38. The van der Waals surface area contributed by atoms with E-state index in [1.165, 1.54) is 37.8 Å². The molecule has 1 atom stereocenters. The van der Waals surface area contributed by atoms with E-state index in [1.807, 2.05) is 6.20 Å². The lowest BCUT2D eigenvalue weighted by atomic mass is 9.70. The molecule has 0 spiro atoms. The van der Waals surface area contributed by atoms with Crippen LogP contribution in [-0.4, -0.2) is 16.3 Å². The van der Waals surface area contributed by atoms with Crippen molar-refractivity contribution in [2.24, 2.45) is 11.3 Å². The molecule has 20 heavy (non-hydrogen) atoms. The number of hydrogen-bond acceptors (Lipinski definition) is 2. The maximum atomic E-state index is 4.46. The number of rotatable bonds is 6. The Balaban J connectivity index is 2.12. The van der Waals surface area contributed by atoms with E-state index in [0.29, 0.717) is 11.5 Å². The second-order valence-electron chi connectivity index (χ2n) is 7.01. The maximum Gasteiger partial charge on any atom is 0.0556 e. The fourth-order valence-corrected chi connectivity index (χ4v) is 3.44. The van der Waals surface area contributed by atoms with Crippen molar-refractivity contribution in [2.45, 2.75) is 72.4 Å². The second kappa shape index (κ2) is 6.75. The maximum absolute atomic E-state index is 4.46. The molecule has 2 rings (SSSR count). The zero-order valence-corrected chi connectivity index (χ0v) is 13.7. The smallest absolute Gasteiger partial charge is 0.0556 e. The van der Waals surface area contributed by atoms with Gasteiger partial charge in [0.2, 0.25) is 0 Å². The van der Waals surface area contributed by atoms with Crippen molar-refractivity contribution in [1.82, 2.24) is 15.1 Å². The largest absolute Gasteiger partial charge is 0.308 e. The summed E-state index contributed by atoms with van der Waals surface area (Å²) in [4.78, 5) is 0. The number of aromatic nitrogens is 2. The monoisotopic (exact) mass is 277 g/mol. The summed E-state index contributed by atoms with van der Waals surface area (Å²) in [6, 6.07) is 2.69. The van der Waals surface area contributed by atoms with Crippen LogP contribution < -0.4 is 5.32 Å². The Morgan fingerprint density at radius 3 is 2.65 bits per heavy atom. The predicted octanol–water partition coefficient (Wildman–Crippen LogP) is 4.16. The van der Waals surface area contributed by atoms with E-state index >= 15 is 0 Å². The van der Waals surface area contributed by atoms with Crippen LogP contribution in [0.15, 0.2) is 12.3 Å². The van der Waals surface area contributed by atoms with Crippen LogP contribution in [0.5, 0.6) is 0 Å². The van der Waals surface area contributed by atoms with E-state index in [-0.39, 0.29) is 0 Å². The van der Waals surface area contributed by atoms with Gasteiger partial charge in [0.15, 0.2) is 0 Å². The van der Waals surface area contributed by atoms with Gasteiger partial charge in [-0.15, -0.1) is 0 Å². The van der Waals surface area contributed by atoms with E-state index in [4.69, 9.17) is 0 Å². The minimum atomic E-state index is 0.480. The van der Waals surface area contributed by atoms with Gasteiger partial charge in [0.05, 0.1) is 11.7 Å². The van der Waals surface area contributed by atoms with Crippen molar-refractivity contribution >= 4 is 0 Å². The molecule has 1 N–H and O–H groups in total. The Morgan fingerprint density at radius 2 is 2.05 bits per heavy atom. The molecule has 0 amide bonds. The Bertz CT molecular complexity index is 398. The SMILES string of the molecule is CCCNC(c1ccnn1CC)C1CCC(C)(C)CC1. The lowest BCUT2D eigenvalue weighted by molar-refractivity contribution is 0.158. The molecule has 1 unspecified atom stereocenters. The summed E-state index contributed by atoms with van der Waals surface area (Å²) in [5.41, 5.74) is 1.92. The molecule has 0 bridgehead atoms. The van der Waals surface area contributed by atoms with Crippen LogP contribution in [0.1, 0.15) is 71.5 Å². The molecule has 0 radical (unpaired) electrons. The summed E-state index contributed by atoms with van der Waals surface area (Å²) >= 11 is 0. The third-order valence-corrected chi connectivity index (χ3v) is 4.84. The van der Waals surface area contributed by atoms with Crippen LogP contribution in [-0.2, 0) is 6.54 Å². The van der Waals surface area contributed by atoms with E-state index in [9.17, 15) is 0 Å². The van der Waals surface area contributed by atoms with Gasteiger partial charge in [-0.1, -0.05) is 20.8 Å². The van der Waals surface area contributed by atoms with Crippen LogP contribution in [0, 0.1) is 11.3 Å². The summed E-state index contributed by atoms with van der Waals surface area (Å²) in [6.07, 6.45) is 8.51. The summed E-state index contributed by atoms with van der Waals surface area (Å²) in [5.74, 6) is 0.761. The number of nitrogens with zero attached hydrogens (tertiary/aromatic N) is 2. The molecular formula is C17H31N3. The molecule has 3 nitrogen and oxygen atoms in total. The van der Waals surface area contributed by atoms with Gasteiger partial charge < -0.3 is 5.32 Å². The molecular weight excluding hydrogens is 246 g/mol. The highest BCUT2D eigenvalue weighted by atomic mass is 15.3. The number of nitrogens with one attached hydrogen (secondary N) is 1. The van der Waals surface area contributed by atoms with Crippen LogP contribution in [0.4, 0.5) is 0 Å². The van der Waals surface area contributed by atoms with Gasteiger partial charge in [-0.2, -0.15) is 5.10 Å². The molecule has 1 saturated carbocycles. The van der Waals surface area contributed by atoms with Crippen LogP contribution in [0.25, 0.3) is 0 Å². The molecule has 1 aromatic heterocycles. The second-order valence-corrected chi connectivity index (χ2v) is 7.01. The molecule has 1 aromatic rings. The van der Waals surface area contributed by atoms with E-state index < -0.39 is 0 Å². The predicted molar refractivity (Wildman–Crippen MR) is 84.7 cm³/mol. The third kappa shape index (κ3) is 3.63. The van der Waals surface area contributed by atoms with E-state index in [1.54, 1.807) is 0 Å². The molecule has 1 fully saturated rings. The van der Waals surface area contributed by atoms with Crippen LogP contribution >= 0.6 is 0 Å². The highest BCUT2D eigenvalue weighted by Gasteiger charge is 2.32. The fourth-order valence-electron chi connectivity index (χ4n) is 3.44. The van der Waals surface area contributed by atoms with Crippen molar-refractivity contribution in [3.63, 3.8) is 0 Å². The zero-order valence-electron chi connectivity index (χ0n) is 13.7. The molecule has 1 heterocycles. The fraction of sp³-hybridized carbons (Fsp3) is 0.824. The van der Waals surface area contributed by atoms with E-state index in [2.05, 4.69) is 48.9 Å². The summed E-state index contributed by atoms with van der Waals surface area (Å²) in [6.45, 7) is 11.3. The Kier molecular flexibility index (Phi) is 5.25. The average molecular weight is 277 g/mol. The summed E-state index contributed by atoms with van der Waals surface area (Å²) in [7, 11) is 0. The minimum Gasteiger partial charge on any atom is -0.308 e. The van der Waals surface area contributed by atoms with Crippen LogP contribution in [0.3, 0.4) is 0 Å². The van der Waals surface area contributed by atoms with E-state index in [0.717, 1.165) is 19.0 Å². The molecule has 0 aliphatic heterocycles. The van der Waals surface area contributed by atoms with Gasteiger partial charge in [-0.05, 0) is 63.0 Å². The van der Waals surface area contributed by atoms with Gasteiger partial charge in [-0.25, -0.2) is 0 Å². The summed E-state index contributed by atoms with van der Waals surface area (Å²) < 4.78 is 2.16. The van der Waals surface area contributed by atoms with Gasteiger partial charge in [0.25, 0.3) is 0 Å². The van der Waals surface area contributed by atoms with Gasteiger partial charge >= 0.3 is 0 Å². The van der Waals surface area contributed by atoms with Crippen molar-refractivity contribution < 1.29 is 0 Å². The molecule has 0 aromatic carbocycles. The van der Waals surface area contributed by atoms with Gasteiger partial charge in [0, 0.05) is 12.7 Å². The van der Waals surface area contributed by atoms with Gasteiger partial charge in [0.1, 0.15) is 0 Å². The average Bonchev–Trinajstić information content (AvgIpc) is 2.89. The van der Waals surface area contributed by atoms with Crippen molar-refractivity contribution in [2.75, 3.05) is 6.54 Å². The first kappa shape index (κ1) is 15.6. The number of aryl methyl sites for hydroxylation is 1. The standard InChI is InChI=1S/C17H31N3/c1-5-12-18-16(15-9-13-19-20(15)6-2)14-7-10-17(3,4)11-8-14/h9,13-14,16,18H,5-8,10-12H2,1-4H3. The highest BCUT2D eigenvalue weighted by Crippen LogP contribution is 2.42. The Morgan fingerprint density at radius 1 is 1.35 bits per heavy atom. The topological polar surface area (TPSA) is 29.9 Å². The first-order chi connectivity index (χ1) is 9.57. The molecule has 3 heteroatoms. The molecule has 114 valence electrons.